The third-order valence-electron chi connectivity index (χ3n) is 4.26. The first kappa shape index (κ1) is 23.6. The molecule has 0 fully saturated rings. The molecule has 1 aromatic carbocycles. The molecule has 0 saturated heterocycles. The Morgan fingerprint density at radius 3 is 2.53 bits per heavy atom. The van der Waals surface area contributed by atoms with Crippen molar-refractivity contribution in [1.82, 2.24) is 14.7 Å². The van der Waals surface area contributed by atoms with E-state index < -0.39 is 27.9 Å². The maximum absolute atomic E-state index is 12.9. The van der Waals surface area contributed by atoms with E-state index in [0.717, 1.165) is 5.56 Å². The van der Waals surface area contributed by atoms with E-state index in [1.165, 1.54) is 23.9 Å². The predicted octanol–water partition coefficient (Wildman–Crippen LogP) is 5.72. The number of benzene rings is 1. The number of thiophene rings is 1. The Balaban J connectivity index is 2.04. The number of hydrogen-bond acceptors (Lipinski definition) is 5. The Morgan fingerprint density at radius 1 is 1.17 bits per heavy atom. The van der Waals surface area contributed by atoms with E-state index >= 15 is 0 Å². The Hall–Kier alpha value is -1.06. The highest BCUT2D eigenvalue weighted by Gasteiger charge is 2.28. The molecule has 0 amide bonds. The molecule has 0 bridgehead atoms. The van der Waals surface area contributed by atoms with Crippen LogP contribution < -0.4 is 4.72 Å². The van der Waals surface area contributed by atoms with E-state index in [2.05, 4.69) is 14.7 Å². The summed E-state index contributed by atoms with van der Waals surface area (Å²) < 4.78 is 16.0. The van der Waals surface area contributed by atoms with Gasteiger partial charge in [0, 0.05) is 27.2 Å². The van der Waals surface area contributed by atoms with Crippen molar-refractivity contribution in [3.8, 4) is 0 Å². The van der Waals surface area contributed by atoms with Crippen molar-refractivity contribution in [2.24, 2.45) is 0 Å². The van der Waals surface area contributed by atoms with Crippen molar-refractivity contribution >= 4 is 57.1 Å². The molecular weight excluding hydrogens is 485 g/mol. The topological polar surface area (TPSA) is 75.1 Å². The maximum Gasteiger partial charge on any atom is 0.138 e. The van der Waals surface area contributed by atoms with Crippen molar-refractivity contribution in [1.29, 1.82) is 0 Å². The lowest BCUT2D eigenvalue weighted by Gasteiger charge is -2.24. The largest absolute Gasteiger partial charge is 0.383 e. The van der Waals surface area contributed by atoms with Crippen LogP contribution in [0.1, 0.15) is 54.5 Å². The first-order valence-corrected chi connectivity index (χ1v) is 12.0. The molecule has 3 aromatic rings. The molecule has 0 saturated carbocycles. The predicted molar refractivity (Wildman–Crippen MR) is 125 cm³/mol. The molecule has 10 heteroatoms. The van der Waals surface area contributed by atoms with Crippen molar-refractivity contribution in [3.05, 3.63) is 78.9 Å². The summed E-state index contributed by atoms with van der Waals surface area (Å²) >= 11 is 20.1. The van der Waals surface area contributed by atoms with Crippen molar-refractivity contribution in [2.45, 2.75) is 37.7 Å². The summed E-state index contributed by atoms with van der Waals surface area (Å²) in [6, 6.07) is 8.56. The number of halogens is 3. The average Bonchev–Trinajstić information content (AvgIpc) is 3.06. The van der Waals surface area contributed by atoms with Crippen LogP contribution in [-0.2, 0) is 11.0 Å². The third-order valence-corrected chi connectivity index (χ3v) is 7.81. The fraction of sp³-hybridized carbons (Fsp3) is 0.300. The van der Waals surface area contributed by atoms with E-state index in [9.17, 15) is 9.32 Å². The molecular formula is C20H20Cl3N3O2S2. The van der Waals surface area contributed by atoms with Gasteiger partial charge in [-0.15, -0.1) is 11.3 Å². The zero-order valence-electron chi connectivity index (χ0n) is 16.4. The highest BCUT2D eigenvalue weighted by atomic mass is 35.5. The quantitative estimate of drug-likeness (QED) is 0.421. The molecule has 160 valence electrons. The molecule has 30 heavy (non-hydrogen) atoms. The molecule has 2 N–H and O–H groups in total. The number of aromatic nitrogens is 2. The normalized spacial score (nSPS) is 15.0. The Kier molecular flexibility index (Phi) is 7.56. The fourth-order valence-corrected chi connectivity index (χ4v) is 5.26. The van der Waals surface area contributed by atoms with Gasteiger partial charge in [0.2, 0.25) is 0 Å². The fourth-order valence-electron chi connectivity index (χ4n) is 2.68. The van der Waals surface area contributed by atoms with E-state index in [4.69, 9.17) is 34.8 Å². The Bertz CT molecular complexity index is 1070. The van der Waals surface area contributed by atoms with Crippen molar-refractivity contribution < 1.29 is 9.32 Å². The van der Waals surface area contributed by atoms with Gasteiger partial charge in [-0.25, -0.2) is 18.9 Å². The minimum atomic E-state index is -1.38. The van der Waals surface area contributed by atoms with E-state index in [1.54, 1.807) is 18.2 Å². The highest BCUT2D eigenvalue weighted by molar-refractivity contribution is 7.84. The molecule has 3 atom stereocenters. The van der Waals surface area contributed by atoms with Crippen LogP contribution in [0, 0.1) is 0 Å². The molecule has 2 aromatic heterocycles. The van der Waals surface area contributed by atoms with Crippen LogP contribution in [-0.4, -0.2) is 24.0 Å². The van der Waals surface area contributed by atoms with Crippen LogP contribution in [0.5, 0.6) is 0 Å². The number of rotatable bonds is 6. The lowest BCUT2D eigenvalue weighted by atomic mass is 10.0. The van der Waals surface area contributed by atoms with Crippen LogP contribution in [0.25, 0.3) is 0 Å². The summed E-state index contributed by atoms with van der Waals surface area (Å²) in [6.07, 6.45) is 1.74. The molecule has 3 rings (SSSR count). The Labute approximate surface area is 197 Å². The van der Waals surface area contributed by atoms with Crippen molar-refractivity contribution in [2.75, 3.05) is 0 Å². The van der Waals surface area contributed by atoms with Gasteiger partial charge in [-0.05, 0) is 44.5 Å². The number of nitrogens with zero attached hydrogens (tertiary/aromatic N) is 2. The average molecular weight is 505 g/mol. The standard InChI is InChI=1S/C20H20Cl3N3O2S2/c1-20(2,3)30(28)26-16(11-5-4-6-12(21)7-11)13-8-15(29-19(13)23)17(27)14-9-24-10-25-18(14)22/h4-10,16-17,26-27H,1-3H3/t16-,17-,30?/m1/s1. The van der Waals surface area contributed by atoms with Crippen LogP contribution >= 0.6 is 46.1 Å². The van der Waals surface area contributed by atoms with Crippen LogP contribution in [0.15, 0.2) is 42.9 Å². The van der Waals surface area contributed by atoms with E-state index in [0.29, 0.717) is 25.4 Å². The van der Waals surface area contributed by atoms with Gasteiger partial charge >= 0.3 is 0 Å². The maximum atomic E-state index is 12.9. The molecule has 0 aliphatic carbocycles. The number of aliphatic hydroxyl groups excluding tert-OH is 1. The van der Waals surface area contributed by atoms with E-state index in [-0.39, 0.29) is 5.15 Å². The molecule has 0 aliphatic rings. The monoisotopic (exact) mass is 503 g/mol. The highest BCUT2D eigenvalue weighted by Crippen LogP contribution is 2.40. The van der Waals surface area contributed by atoms with Gasteiger partial charge in [0.15, 0.2) is 0 Å². The summed E-state index contributed by atoms with van der Waals surface area (Å²) in [5.74, 6) is 0. The summed E-state index contributed by atoms with van der Waals surface area (Å²) in [5.41, 5.74) is 1.87. The van der Waals surface area contributed by atoms with Crippen LogP contribution in [0.3, 0.4) is 0 Å². The lowest BCUT2D eigenvalue weighted by molar-refractivity contribution is 0.223. The van der Waals surface area contributed by atoms with Gasteiger partial charge in [-0.2, -0.15) is 0 Å². The summed E-state index contributed by atoms with van der Waals surface area (Å²) in [5, 5.41) is 11.5. The first-order valence-electron chi connectivity index (χ1n) is 8.94. The lowest BCUT2D eigenvalue weighted by Crippen LogP contribution is -2.36. The Morgan fingerprint density at radius 2 is 1.90 bits per heavy atom. The first-order chi connectivity index (χ1) is 14.1. The second-order valence-electron chi connectivity index (χ2n) is 7.54. The minimum absolute atomic E-state index is 0.168. The van der Waals surface area contributed by atoms with Crippen LogP contribution in [0.4, 0.5) is 0 Å². The molecule has 1 unspecified atom stereocenters. The van der Waals surface area contributed by atoms with Crippen molar-refractivity contribution in [3.63, 3.8) is 0 Å². The summed E-state index contributed by atoms with van der Waals surface area (Å²) in [7, 11) is -1.38. The van der Waals surface area contributed by atoms with Gasteiger partial charge in [-0.3, -0.25) is 0 Å². The molecule has 0 aliphatic heterocycles. The minimum Gasteiger partial charge on any atom is -0.383 e. The smallest absolute Gasteiger partial charge is 0.138 e. The van der Waals surface area contributed by atoms with Gasteiger partial charge in [0.1, 0.15) is 17.6 Å². The molecule has 2 heterocycles. The summed E-state index contributed by atoms with van der Waals surface area (Å²) in [4.78, 5) is 8.41. The second-order valence-corrected chi connectivity index (χ2v) is 12.0. The zero-order valence-corrected chi connectivity index (χ0v) is 20.3. The van der Waals surface area contributed by atoms with Crippen LogP contribution in [0.2, 0.25) is 14.5 Å². The van der Waals surface area contributed by atoms with Gasteiger partial charge in [0.25, 0.3) is 0 Å². The second kappa shape index (κ2) is 9.61. The number of nitrogens with one attached hydrogen (secondary N) is 1. The summed E-state index contributed by atoms with van der Waals surface area (Å²) in [6.45, 7) is 5.65. The van der Waals surface area contributed by atoms with E-state index in [1.807, 2.05) is 32.9 Å². The SMILES string of the molecule is CC(C)(C)S(=O)N[C@H](c1cccc(Cl)c1)c1cc([C@H](O)c2cncnc2Cl)sc1Cl. The van der Waals surface area contributed by atoms with Gasteiger partial charge < -0.3 is 5.11 Å². The van der Waals surface area contributed by atoms with Gasteiger partial charge in [-0.1, -0.05) is 46.9 Å². The molecule has 0 spiro atoms. The zero-order chi connectivity index (χ0) is 22.1. The molecule has 0 radical (unpaired) electrons. The van der Waals surface area contributed by atoms with Gasteiger partial charge in [0.05, 0.1) is 26.1 Å². The molecule has 5 nitrogen and oxygen atoms in total. The third kappa shape index (κ3) is 5.40. The number of hydrogen-bond donors (Lipinski definition) is 2. The number of aliphatic hydroxyl groups is 1.